The van der Waals surface area contributed by atoms with Crippen LogP contribution >= 0.6 is 0 Å². The number of fused-ring (bicyclic) bond motifs is 1. The van der Waals surface area contributed by atoms with Crippen LogP contribution in [0.2, 0.25) is 0 Å². The summed E-state index contributed by atoms with van der Waals surface area (Å²) in [6, 6.07) is 23.4. The van der Waals surface area contributed by atoms with Gasteiger partial charge in [0.15, 0.2) is 0 Å². The molecule has 1 N–H and O–H groups in total. The van der Waals surface area contributed by atoms with Crippen LogP contribution < -0.4 is 9.62 Å². The molecule has 0 bridgehead atoms. The topological polar surface area (TPSA) is 66.5 Å². The van der Waals surface area contributed by atoms with Gasteiger partial charge in [-0.15, -0.1) is 0 Å². The van der Waals surface area contributed by atoms with E-state index < -0.39 is 10.0 Å². The summed E-state index contributed by atoms with van der Waals surface area (Å²) in [5, 5.41) is 4.82. The van der Waals surface area contributed by atoms with Crippen molar-refractivity contribution < 1.29 is 13.2 Å². The molecule has 0 aliphatic rings. The summed E-state index contributed by atoms with van der Waals surface area (Å²) >= 11 is 0. The quantitative estimate of drug-likeness (QED) is 0.557. The van der Waals surface area contributed by atoms with Crippen LogP contribution in [-0.4, -0.2) is 33.7 Å². The van der Waals surface area contributed by atoms with Gasteiger partial charge in [-0.1, -0.05) is 73.7 Å². The summed E-state index contributed by atoms with van der Waals surface area (Å²) in [6.45, 7) is 2.89. The summed E-state index contributed by atoms with van der Waals surface area (Å²) < 4.78 is 26.3. The maximum absolute atomic E-state index is 12.4. The molecule has 30 heavy (non-hydrogen) atoms. The highest BCUT2D eigenvalue weighted by Gasteiger charge is 2.19. The van der Waals surface area contributed by atoms with Gasteiger partial charge in [-0.3, -0.25) is 9.10 Å². The average Bonchev–Trinajstić information content (AvgIpc) is 2.74. The molecular formula is C24H28N2O3S. The SMILES string of the molecule is C[C@@H](CNC(=O)CCCN(c1cccc2ccccc12)S(C)(=O)=O)c1ccccc1. The first-order valence-electron chi connectivity index (χ1n) is 10.1. The fourth-order valence-electron chi connectivity index (χ4n) is 3.53. The van der Waals surface area contributed by atoms with Crippen molar-refractivity contribution in [2.45, 2.75) is 25.7 Å². The molecule has 3 rings (SSSR count). The Balaban J connectivity index is 1.60. The van der Waals surface area contributed by atoms with Gasteiger partial charge in [0.1, 0.15) is 0 Å². The number of benzene rings is 3. The second-order valence-electron chi connectivity index (χ2n) is 7.55. The summed E-state index contributed by atoms with van der Waals surface area (Å²) in [5.74, 6) is 0.155. The highest BCUT2D eigenvalue weighted by Crippen LogP contribution is 2.28. The van der Waals surface area contributed by atoms with E-state index in [1.807, 2.05) is 72.8 Å². The molecule has 158 valence electrons. The van der Waals surface area contributed by atoms with Crippen LogP contribution in [0.5, 0.6) is 0 Å². The number of rotatable bonds is 9. The van der Waals surface area contributed by atoms with E-state index in [0.29, 0.717) is 18.7 Å². The monoisotopic (exact) mass is 424 g/mol. The molecule has 5 nitrogen and oxygen atoms in total. The Kier molecular flexibility index (Phi) is 7.11. The fraction of sp³-hybridized carbons (Fsp3) is 0.292. The van der Waals surface area contributed by atoms with Crippen molar-refractivity contribution in [1.82, 2.24) is 5.32 Å². The van der Waals surface area contributed by atoms with Crippen LogP contribution in [0.3, 0.4) is 0 Å². The van der Waals surface area contributed by atoms with E-state index in [0.717, 1.165) is 10.8 Å². The van der Waals surface area contributed by atoms with E-state index in [1.54, 1.807) is 0 Å². The van der Waals surface area contributed by atoms with Gasteiger partial charge in [0.05, 0.1) is 11.9 Å². The van der Waals surface area contributed by atoms with Gasteiger partial charge in [0.2, 0.25) is 15.9 Å². The van der Waals surface area contributed by atoms with Crippen LogP contribution in [-0.2, 0) is 14.8 Å². The molecule has 3 aromatic rings. The largest absolute Gasteiger partial charge is 0.356 e. The molecule has 1 amide bonds. The Bertz CT molecular complexity index is 1090. The first kappa shape index (κ1) is 21.8. The first-order valence-corrected chi connectivity index (χ1v) is 12.0. The number of hydrogen-bond donors (Lipinski definition) is 1. The van der Waals surface area contributed by atoms with Gasteiger partial charge in [-0.05, 0) is 29.4 Å². The number of sulfonamides is 1. The van der Waals surface area contributed by atoms with E-state index in [2.05, 4.69) is 12.2 Å². The lowest BCUT2D eigenvalue weighted by molar-refractivity contribution is -0.121. The number of nitrogens with one attached hydrogen (secondary N) is 1. The fourth-order valence-corrected chi connectivity index (χ4v) is 4.51. The molecule has 0 saturated carbocycles. The van der Waals surface area contributed by atoms with Gasteiger partial charge in [0.25, 0.3) is 0 Å². The standard InChI is InChI=1S/C24H28N2O3S/c1-19(20-10-4-3-5-11-20)18-25-24(27)16-9-17-26(30(2,28)29)23-15-8-13-21-12-6-7-14-22(21)23/h3-8,10-15,19H,9,16-18H2,1-2H3,(H,25,27)/t19-/m0/s1. The predicted molar refractivity (Wildman–Crippen MR) is 123 cm³/mol. The molecule has 0 heterocycles. The highest BCUT2D eigenvalue weighted by atomic mass is 32.2. The van der Waals surface area contributed by atoms with Crippen LogP contribution in [0.25, 0.3) is 10.8 Å². The van der Waals surface area contributed by atoms with Crippen molar-refractivity contribution in [3.8, 4) is 0 Å². The lowest BCUT2D eigenvalue weighted by atomic mass is 10.0. The molecule has 0 fully saturated rings. The zero-order valence-corrected chi connectivity index (χ0v) is 18.2. The molecule has 1 atom stereocenters. The minimum Gasteiger partial charge on any atom is -0.356 e. The molecule has 0 spiro atoms. The van der Waals surface area contributed by atoms with Crippen molar-refractivity contribution in [3.63, 3.8) is 0 Å². The zero-order valence-electron chi connectivity index (χ0n) is 17.4. The summed E-state index contributed by atoms with van der Waals surface area (Å²) in [5.41, 5.74) is 1.82. The molecule has 0 saturated heterocycles. The normalized spacial score (nSPS) is 12.5. The molecule has 0 aliphatic heterocycles. The van der Waals surface area contributed by atoms with Gasteiger partial charge >= 0.3 is 0 Å². The summed E-state index contributed by atoms with van der Waals surface area (Å²) in [4.78, 5) is 12.3. The Morgan fingerprint density at radius 3 is 2.37 bits per heavy atom. The number of amides is 1. The van der Waals surface area contributed by atoms with E-state index in [-0.39, 0.29) is 24.8 Å². The van der Waals surface area contributed by atoms with E-state index in [9.17, 15) is 13.2 Å². The molecule has 0 unspecified atom stereocenters. The number of nitrogens with zero attached hydrogens (tertiary/aromatic N) is 1. The smallest absolute Gasteiger partial charge is 0.232 e. The maximum atomic E-state index is 12.4. The average molecular weight is 425 g/mol. The van der Waals surface area contributed by atoms with Crippen molar-refractivity contribution in [2.24, 2.45) is 0 Å². The second kappa shape index (κ2) is 9.76. The van der Waals surface area contributed by atoms with Gasteiger partial charge in [0, 0.05) is 24.9 Å². The van der Waals surface area contributed by atoms with Gasteiger partial charge < -0.3 is 5.32 Å². The van der Waals surface area contributed by atoms with Crippen molar-refractivity contribution in [3.05, 3.63) is 78.4 Å². The van der Waals surface area contributed by atoms with Crippen LogP contribution in [0.4, 0.5) is 5.69 Å². The number of carbonyl (C=O) groups is 1. The molecule has 3 aromatic carbocycles. The van der Waals surface area contributed by atoms with Crippen LogP contribution in [0.1, 0.15) is 31.2 Å². The van der Waals surface area contributed by atoms with E-state index >= 15 is 0 Å². The van der Waals surface area contributed by atoms with Crippen LogP contribution in [0.15, 0.2) is 72.8 Å². The zero-order chi connectivity index (χ0) is 21.6. The molecule has 0 aliphatic carbocycles. The predicted octanol–water partition coefficient (Wildman–Crippen LogP) is 4.31. The van der Waals surface area contributed by atoms with Crippen LogP contribution in [0, 0.1) is 0 Å². The van der Waals surface area contributed by atoms with E-state index in [4.69, 9.17) is 0 Å². The lowest BCUT2D eigenvalue weighted by Crippen LogP contribution is -2.33. The Hall–Kier alpha value is -2.86. The summed E-state index contributed by atoms with van der Waals surface area (Å²) in [6.07, 6.45) is 1.93. The Labute approximate surface area is 178 Å². The second-order valence-corrected chi connectivity index (χ2v) is 9.46. The Morgan fingerprint density at radius 1 is 0.967 bits per heavy atom. The minimum atomic E-state index is -3.47. The number of hydrogen-bond acceptors (Lipinski definition) is 3. The third-order valence-corrected chi connectivity index (χ3v) is 6.35. The van der Waals surface area contributed by atoms with Crippen molar-refractivity contribution in [2.75, 3.05) is 23.7 Å². The third kappa shape index (κ3) is 5.60. The minimum absolute atomic E-state index is 0.0656. The van der Waals surface area contributed by atoms with E-state index in [1.165, 1.54) is 16.1 Å². The first-order chi connectivity index (χ1) is 14.4. The summed E-state index contributed by atoms with van der Waals surface area (Å²) in [7, 11) is -3.47. The molecule has 6 heteroatoms. The molecule has 0 radical (unpaired) electrons. The lowest BCUT2D eigenvalue weighted by Gasteiger charge is -2.24. The molecule has 0 aromatic heterocycles. The van der Waals surface area contributed by atoms with Gasteiger partial charge in [-0.2, -0.15) is 0 Å². The maximum Gasteiger partial charge on any atom is 0.232 e. The van der Waals surface area contributed by atoms with Gasteiger partial charge in [-0.25, -0.2) is 8.42 Å². The Morgan fingerprint density at radius 2 is 1.63 bits per heavy atom. The highest BCUT2D eigenvalue weighted by molar-refractivity contribution is 7.92. The third-order valence-electron chi connectivity index (χ3n) is 5.17. The molecular weight excluding hydrogens is 396 g/mol. The number of anilines is 1. The van der Waals surface area contributed by atoms with Crippen molar-refractivity contribution in [1.29, 1.82) is 0 Å². The number of carbonyl (C=O) groups excluding carboxylic acids is 1. The van der Waals surface area contributed by atoms with Crippen molar-refractivity contribution >= 4 is 32.4 Å².